The van der Waals surface area contributed by atoms with Crippen molar-refractivity contribution in [1.82, 2.24) is 4.90 Å². The average molecular weight is 245 g/mol. The first-order valence-electron chi connectivity index (χ1n) is 5.72. The second-order valence-corrected chi connectivity index (χ2v) is 4.64. The summed E-state index contributed by atoms with van der Waals surface area (Å²) in [7, 11) is 0. The highest BCUT2D eigenvalue weighted by atomic mass is 32.1. The number of carbonyl (C=O) groups is 2. The van der Waals surface area contributed by atoms with Gasteiger partial charge in [-0.1, -0.05) is 12.8 Å². The molecule has 5 heteroatoms. The van der Waals surface area contributed by atoms with Gasteiger partial charge in [0.15, 0.2) is 0 Å². The highest BCUT2D eigenvalue weighted by Crippen LogP contribution is 2.20. The van der Waals surface area contributed by atoms with Crippen molar-refractivity contribution in [2.75, 3.05) is 12.3 Å². The summed E-state index contributed by atoms with van der Waals surface area (Å²) in [5.41, 5.74) is 0. The molecule has 0 aromatic carbocycles. The summed E-state index contributed by atoms with van der Waals surface area (Å²) in [6.45, 7) is 2.12. The lowest BCUT2D eigenvalue weighted by atomic mass is 9.97. The van der Waals surface area contributed by atoms with Crippen LogP contribution in [0.15, 0.2) is 0 Å². The van der Waals surface area contributed by atoms with Gasteiger partial charge < -0.3 is 10.0 Å². The van der Waals surface area contributed by atoms with Gasteiger partial charge in [0.25, 0.3) is 0 Å². The van der Waals surface area contributed by atoms with Crippen LogP contribution in [0.25, 0.3) is 0 Å². The Morgan fingerprint density at radius 2 is 2.25 bits per heavy atom. The van der Waals surface area contributed by atoms with Crippen LogP contribution < -0.4 is 0 Å². The Morgan fingerprint density at radius 3 is 2.81 bits per heavy atom. The van der Waals surface area contributed by atoms with Crippen molar-refractivity contribution in [2.24, 2.45) is 5.92 Å². The summed E-state index contributed by atoms with van der Waals surface area (Å²) in [5.74, 6) is -0.608. The topological polar surface area (TPSA) is 57.6 Å². The van der Waals surface area contributed by atoms with Crippen LogP contribution in [0.2, 0.25) is 0 Å². The maximum atomic E-state index is 12.1. The molecule has 0 spiro atoms. The van der Waals surface area contributed by atoms with Gasteiger partial charge in [0, 0.05) is 18.2 Å². The summed E-state index contributed by atoms with van der Waals surface area (Å²) in [4.78, 5) is 24.5. The number of hydrogen-bond acceptors (Lipinski definition) is 3. The molecule has 0 aliphatic carbocycles. The van der Waals surface area contributed by atoms with E-state index in [0.29, 0.717) is 12.3 Å². The number of carboxylic acids is 1. The monoisotopic (exact) mass is 245 g/mol. The fourth-order valence-electron chi connectivity index (χ4n) is 2.01. The lowest BCUT2D eigenvalue weighted by molar-refractivity contribution is -0.151. The van der Waals surface area contributed by atoms with Crippen LogP contribution >= 0.6 is 12.6 Å². The summed E-state index contributed by atoms with van der Waals surface area (Å²) in [6.07, 6.45) is 3.81. The average Bonchev–Trinajstić information content (AvgIpc) is 2.24. The normalized spacial score (nSPS) is 24.8. The SMILES string of the molecule is CC(C(=O)O)N1CCCCCC(CS)C1=O. The van der Waals surface area contributed by atoms with Gasteiger partial charge in [0.2, 0.25) is 5.91 Å². The number of amides is 1. The highest BCUT2D eigenvalue weighted by molar-refractivity contribution is 7.80. The van der Waals surface area contributed by atoms with Gasteiger partial charge in [-0.25, -0.2) is 4.79 Å². The number of hydrogen-bond donors (Lipinski definition) is 2. The number of aliphatic carboxylic acids is 1. The molecule has 1 aliphatic heterocycles. The fraction of sp³-hybridized carbons (Fsp3) is 0.818. The Balaban J connectivity index is 2.77. The van der Waals surface area contributed by atoms with E-state index in [0.717, 1.165) is 25.7 Å². The molecule has 0 saturated carbocycles. The van der Waals surface area contributed by atoms with E-state index < -0.39 is 12.0 Å². The molecule has 1 aliphatic rings. The van der Waals surface area contributed by atoms with E-state index in [4.69, 9.17) is 5.11 Å². The Hall–Kier alpha value is -0.710. The number of nitrogens with zero attached hydrogens (tertiary/aromatic N) is 1. The Kier molecular flexibility index (Phi) is 5.12. The van der Waals surface area contributed by atoms with Crippen LogP contribution in [-0.2, 0) is 9.59 Å². The second-order valence-electron chi connectivity index (χ2n) is 4.27. The van der Waals surface area contributed by atoms with E-state index in [-0.39, 0.29) is 11.8 Å². The first kappa shape index (κ1) is 13.4. The minimum Gasteiger partial charge on any atom is -0.480 e. The van der Waals surface area contributed by atoms with Crippen molar-refractivity contribution in [2.45, 2.75) is 38.6 Å². The van der Waals surface area contributed by atoms with Gasteiger partial charge in [0.1, 0.15) is 6.04 Å². The molecule has 1 N–H and O–H groups in total. The maximum absolute atomic E-state index is 12.1. The predicted octanol–water partition coefficient (Wildman–Crippen LogP) is 1.41. The van der Waals surface area contributed by atoms with Gasteiger partial charge in [-0.3, -0.25) is 4.79 Å². The number of carboxylic acid groups (broad SMARTS) is 1. The lowest BCUT2D eigenvalue weighted by Gasteiger charge is -2.31. The van der Waals surface area contributed by atoms with Crippen LogP contribution in [-0.4, -0.2) is 40.2 Å². The van der Waals surface area contributed by atoms with Crippen LogP contribution in [0.5, 0.6) is 0 Å². The number of thiol groups is 1. The molecule has 0 radical (unpaired) electrons. The predicted molar refractivity (Wildman–Crippen MR) is 64.6 cm³/mol. The molecule has 2 atom stereocenters. The molecule has 0 aromatic heterocycles. The molecule has 0 bridgehead atoms. The van der Waals surface area contributed by atoms with E-state index in [1.807, 2.05) is 0 Å². The third-order valence-corrected chi connectivity index (χ3v) is 3.57. The maximum Gasteiger partial charge on any atom is 0.326 e. The quantitative estimate of drug-likeness (QED) is 0.739. The molecular formula is C11H19NO3S. The third kappa shape index (κ3) is 3.14. The molecule has 2 unspecified atom stereocenters. The lowest BCUT2D eigenvalue weighted by Crippen LogP contribution is -2.47. The van der Waals surface area contributed by atoms with Crippen LogP contribution in [0, 0.1) is 5.92 Å². The summed E-state index contributed by atoms with van der Waals surface area (Å²) in [5, 5.41) is 8.96. The van der Waals surface area contributed by atoms with E-state index in [1.165, 1.54) is 4.90 Å². The van der Waals surface area contributed by atoms with Gasteiger partial charge in [-0.15, -0.1) is 0 Å². The van der Waals surface area contributed by atoms with E-state index >= 15 is 0 Å². The molecule has 1 heterocycles. The smallest absolute Gasteiger partial charge is 0.326 e. The molecule has 16 heavy (non-hydrogen) atoms. The van der Waals surface area contributed by atoms with Crippen LogP contribution in [0.1, 0.15) is 32.6 Å². The van der Waals surface area contributed by atoms with Gasteiger partial charge in [-0.2, -0.15) is 12.6 Å². The second kappa shape index (κ2) is 6.13. The first-order valence-corrected chi connectivity index (χ1v) is 6.35. The van der Waals surface area contributed by atoms with Gasteiger partial charge >= 0.3 is 5.97 Å². The minimum atomic E-state index is -0.938. The largest absolute Gasteiger partial charge is 0.480 e. The first-order chi connectivity index (χ1) is 7.57. The minimum absolute atomic E-state index is 0.0513. The Morgan fingerprint density at radius 1 is 1.56 bits per heavy atom. The standard InChI is InChI=1S/C11H19NO3S/c1-8(11(14)15)12-6-4-2-3-5-9(7-16)10(12)13/h8-9,16H,2-7H2,1H3,(H,14,15). The summed E-state index contributed by atoms with van der Waals surface area (Å²) in [6, 6.07) is -0.729. The Labute approximate surface area is 101 Å². The number of carbonyl (C=O) groups excluding carboxylic acids is 1. The van der Waals surface area contributed by atoms with Crippen molar-refractivity contribution in [3.63, 3.8) is 0 Å². The van der Waals surface area contributed by atoms with Crippen molar-refractivity contribution >= 4 is 24.5 Å². The zero-order chi connectivity index (χ0) is 12.1. The van der Waals surface area contributed by atoms with Gasteiger partial charge in [-0.05, 0) is 19.8 Å². The number of likely N-dealkylation sites (tertiary alicyclic amines) is 1. The molecule has 1 rings (SSSR count). The van der Waals surface area contributed by atoms with Crippen LogP contribution in [0.4, 0.5) is 0 Å². The molecule has 1 amide bonds. The summed E-state index contributed by atoms with van der Waals surface area (Å²) >= 11 is 4.17. The zero-order valence-electron chi connectivity index (χ0n) is 9.56. The molecule has 1 saturated heterocycles. The molecule has 1 fully saturated rings. The fourth-order valence-corrected chi connectivity index (χ4v) is 2.34. The van der Waals surface area contributed by atoms with Crippen molar-refractivity contribution in [3.8, 4) is 0 Å². The van der Waals surface area contributed by atoms with Crippen molar-refractivity contribution in [1.29, 1.82) is 0 Å². The third-order valence-electron chi connectivity index (χ3n) is 3.13. The van der Waals surface area contributed by atoms with Crippen LogP contribution in [0.3, 0.4) is 0 Å². The summed E-state index contributed by atoms with van der Waals surface area (Å²) < 4.78 is 0. The van der Waals surface area contributed by atoms with Gasteiger partial charge in [0.05, 0.1) is 0 Å². The van der Waals surface area contributed by atoms with E-state index in [9.17, 15) is 9.59 Å². The van der Waals surface area contributed by atoms with E-state index in [2.05, 4.69) is 12.6 Å². The van der Waals surface area contributed by atoms with E-state index in [1.54, 1.807) is 6.92 Å². The zero-order valence-corrected chi connectivity index (χ0v) is 10.4. The molecular weight excluding hydrogens is 226 g/mol. The molecule has 92 valence electrons. The van der Waals surface area contributed by atoms with Crippen molar-refractivity contribution in [3.05, 3.63) is 0 Å². The highest BCUT2D eigenvalue weighted by Gasteiger charge is 2.30. The molecule has 4 nitrogen and oxygen atoms in total. The number of rotatable bonds is 3. The molecule has 0 aromatic rings. The Bertz CT molecular complexity index is 270. The van der Waals surface area contributed by atoms with Crippen molar-refractivity contribution < 1.29 is 14.7 Å².